The first-order chi connectivity index (χ1) is 12.3. The van der Waals surface area contributed by atoms with E-state index in [-0.39, 0.29) is 11.7 Å². The van der Waals surface area contributed by atoms with Gasteiger partial charge in [0.2, 0.25) is 15.9 Å². The number of nitrogens with zero attached hydrogens (tertiary/aromatic N) is 1. The predicted molar refractivity (Wildman–Crippen MR) is 105 cm³/mol. The Morgan fingerprint density at radius 3 is 2.50 bits per heavy atom. The molecule has 138 valence electrons. The lowest BCUT2D eigenvalue weighted by Crippen LogP contribution is -2.31. The van der Waals surface area contributed by atoms with Crippen LogP contribution in [0.2, 0.25) is 5.02 Å². The molecule has 3 rings (SSSR count). The van der Waals surface area contributed by atoms with Crippen LogP contribution in [0, 0.1) is 0 Å². The van der Waals surface area contributed by atoms with Gasteiger partial charge in [-0.15, -0.1) is 0 Å². The average Bonchev–Trinajstić information content (AvgIpc) is 2.95. The largest absolute Gasteiger partial charge is 0.374 e. The van der Waals surface area contributed by atoms with Crippen LogP contribution in [0.25, 0.3) is 0 Å². The lowest BCUT2D eigenvalue weighted by Gasteiger charge is -2.19. The smallest absolute Gasteiger partial charge is 0.246 e. The molecule has 2 aromatic rings. The quantitative estimate of drug-likeness (QED) is 0.816. The van der Waals surface area contributed by atoms with Crippen molar-refractivity contribution in [1.82, 2.24) is 0 Å². The van der Waals surface area contributed by atoms with E-state index >= 15 is 0 Å². The minimum Gasteiger partial charge on any atom is -0.374 e. The van der Waals surface area contributed by atoms with Crippen molar-refractivity contribution < 1.29 is 13.2 Å². The molecule has 0 aromatic heterocycles. The normalized spacial score (nSPS) is 16.9. The second-order valence-electron chi connectivity index (χ2n) is 6.15. The molecule has 0 radical (unpaired) electrons. The number of rotatable bonds is 5. The molecule has 0 aliphatic carbocycles. The van der Waals surface area contributed by atoms with Gasteiger partial charge in [-0.3, -0.25) is 9.10 Å². The van der Waals surface area contributed by atoms with Crippen molar-refractivity contribution in [2.45, 2.75) is 19.4 Å². The Balaban J connectivity index is 1.62. The highest BCUT2D eigenvalue weighted by Crippen LogP contribution is 2.25. The Labute approximate surface area is 158 Å². The van der Waals surface area contributed by atoms with E-state index in [4.69, 9.17) is 11.6 Å². The number of benzene rings is 2. The fourth-order valence-electron chi connectivity index (χ4n) is 2.79. The van der Waals surface area contributed by atoms with E-state index in [0.29, 0.717) is 29.4 Å². The predicted octanol–water partition coefficient (Wildman–Crippen LogP) is 3.32. The Morgan fingerprint density at radius 1 is 1.15 bits per heavy atom. The Morgan fingerprint density at radius 2 is 1.88 bits per heavy atom. The van der Waals surface area contributed by atoms with E-state index in [2.05, 4.69) is 10.6 Å². The van der Waals surface area contributed by atoms with Gasteiger partial charge in [0.15, 0.2) is 0 Å². The molecular weight excluding hydrogens is 374 g/mol. The number of carbonyl (C=O) groups excluding carboxylic acids is 1. The standard InChI is InChI=1S/C18H20ClN3O3S/c1-13(18(23)21-16-5-2-4-14(19)12-16)20-15-6-8-17(9-7-15)22-10-3-11-26(22,24)25/h2,4-9,12-13,20H,3,10-11H2,1H3,(H,21,23). The lowest BCUT2D eigenvalue weighted by atomic mass is 10.2. The summed E-state index contributed by atoms with van der Waals surface area (Å²) in [5.74, 6) is -0.00766. The van der Waals surface area contributed by atoms with E-state index in [1.165, 1.54) is 4.31 Å². The van der Waals surface area contributed by atoms with Gasteiger partial charge in [0.1, 0.15) is 6.04 Å². The molecule has 0 spiro atoms. The van der Waals surface area contributed by atoms with Crippen LogP contribution >= 0.6 is 11.6 Å². The molecule has 1 aliphatic heterocycles. The SMILES string of the molecule is CC(Nc1ccc(N2CCCS2(=O)=O)cc1)C(=O)Nc1cccc(Cl)c1. The number of sulfonamides is 1. The van der Waals surface area contributed by atoms with Gasteiger partial charge in [-0.25, -0.2) is 8.42 Å². The summed E-state index contributed by atoms with van der Waals surface area (Å²) < 4.78 is 25.3. The van der Waals surface area contributed by atoms with Crippen molar-refractivity contribution in [3.8, 4) is 0 Å². The van der Waals surface area contributed by atoms with Crippen LogP contribution in [0.15, 0.2) is 48.5 Å². The van der Waals surface area contributed by atoms with Gasteiger partial charge in [0, 0.05) is 22.9 Å². The van der Waals surface area contributed by atoms with Gasteiger partial charge in [-0.2, -0.15) is 0 Å². The first kappa shape index (κ1) is 18.5. The maximum atomic E-state index is 12.3. The Hall–Kier alpha value is -2.25. The summed E-state index contributed by atoms with van der Waals surface area (Å²) in [6.45, 7) is 2.26. The molecule has 2 aromatic carbocycles. The fraction of sp³-hybridized carbons (Fsp3) is 0.278. The average molecular weight is 394 g/mol. The number of amides is 1. The molecule has 1 amide bonds. The zero-order chi connectivity index (χ0) is 18.7. The third-order valence-electron chi connectivity index (χ3n) is 4.12. The summed E-state index contributed by atoms with van der Waals surface area (Å²) in [6.07, 6.45) is 0.642. The molecule has 1 heterocycles. The Kier molecular flexibility index (Phi) is 5.38. The van der Waals surface area contributed by atoms with Gasteiger partial charge >= 0.3 is 0 Å². The Bertz CT molecular complexity index is 900. The van der Waals surface area contributed by atoms with E-state index in [9.17, 15) is 13.2 Å². The van der Waals surface area contributed by atoms with E-state index in [1.54, 1.807) is 55.5 Å². The minimum atomic E-state index is -3.19. The zero-order valence-electron chi connectivity index (χ0n) is 14.3. The molecule has 1 atom stereocenters. The van der Waals surface area contributed by atoms with Crippen molar-refractivity contribution in [1.29, 1.82) is 0 Å². The lowest BCUT2D eigenvalue weighted by molar-refractivity contribution is -0.116. The van der Waals surface area contributed by atoms with Gasteiger partial charge in [-0.1, -0.05) is 17.7 Å². The summed E-state index contributed by atoms with van der Waals surface area (Å²) in [7, 11) is -3.19. The van der Waals surface area contributed by atoms with Crippen LogP contribution < -0.4 is 14.9 Å². The first-order valence-corrected chi connectivity index (χ1v) is 10.3. The van der Waals surface area contributed by atoms with Gasteiger partial charge in [-0.05, 0) is 55.8 Å². The van der Waals surface area contributed by atoms with E-state index < -0.39 is 16.1 Å². The van der Waals surface area contributed by atoms with Gasteiger partial charge in [0.05, 0.1) is 11.4 Å². The van der Waals surface area contributed by atoms with Crippen molar-refractivity contribution in [2.24, 2.45) is 0 Å². The van der Waals surface area contributed by atoms with Crippen molar-refractivity contribution >= 4 is 44.6 Å². The molecule has 0 bridgehead atoms. The van der Waals surface area contributed by atoms with Crippen LogP contribution in [-0.2, 0) is 14.8 Å². The number of carbonyl (C=O) groups is 1. The summed E-state index contributed by atoms with van der Waals surface area (Å²) in [6, 6.07) is 13.5. The summed E-state index contributed by atoms with van der Waals surface area (Å²) in [5.41, 5.74) is 2.01. The maximum absolute atomic E-state index is 12.3. The van der Waals surface area contributed by atoms with Crippen molar-refractivity contribution in [2.75, 3.05) is 27.2 Å². The molecule has 6 nitrogen and oxygen atoms in total. The number of nitrogens with one attached hydrogen (secondary N) is 2. The van der Waals surface area contributed by atoms with Gasteiger partial charge < -0.3 is 10.6 Å². The fourth-order valence-corrected chi connectivity index (χ4v) is 4.54. The molecule has 1 aliphatic rings. The van der Waals surface area contributed by atoms with Gasteiger partial charge in [0.25, 0.3) is 0 Å². The molecule has 1 saturated heterocycles. The first-order valence-electron chi connectivity index (χ1n) is 8.28. The maximum Gasteiger partial charge on any atom is 0.246 e. The van der Waals surface area contributed by atoms with Crippen LogP contribution in [0.4, 0.5) is 17.1 Å². The number of anilines is 3. The van der Waals surface area contributed by atoms with Crippen molar-refractivity contribution in [3.63, 3.8) is 0 Å². The monoisotopic (exact) mass is 393 g/mol. The zero-order valence-corrected chi connectivity index (χ0v) is 15.8. The third kappa shape index (κ3) is 4.28. The molecule has 0 saturated carbocycles. The van der Waals surface area contributed by atoms with Crippen molar-refractivity contribution in [3.05, 3.63) is 53.6 Å². The van der Waals surface area contributed by atoms with Crippen LogP contribution in [0.1, 0.15) is 13.3 Å². The second kappa shape index (κ2) is 7.55. The summed E-state index contributed by atoms with van der Waals surface area (Å²) in [4.78, 5) is 12.3. The second-order valence-corrected chi connectivity index (χ2v) is 8.60. The highest BCUT2D eigenvalue weighted by molar-refractivity contribution is 7.93. The molecule has 1 fully saturated rings. The van der Waals surface area contributed by atoms with Crippen LogP contribution in [0.5, 0.6) is 0 Å². The van der Waals surface area contributed by atoms with E-state index in [0.717, 1.165) is 5.69 Å². The molecule has 26 heavy (non-hydrogen) atoms. The topological polar surface area (TPSA) is 78.5 Å². The number of hydrogen-bond donors (Lipinski definition) is 2. The summed E-state index contributed by atoms with van der Waals surface area (Å²) in [5, 5.41) is 6.45. The third-order valence-corrected chi connectivity index (χ3v) is 6.23. The molecular formula is C18H20ClN3O3S. The highest BCUT2D eigenvalue weighted by atomic mass is 35.5. The molecule has 1 unspecified atom stereocenters. The van der Waals surface area contributed by atoms with E-state index in [1.807, 2.05) is 0 Å². The minimum absolute atomic E-state index is 0.188. The van der Waals surface area contributed by atoms with Crippen LogP contribution in [-0.4, -0.2) is 32.7 Å². The number of halogens is 1. The highest BCUT2D eigenvalue weighted by Gasteiger charge is 2.28. The molecule has 2 N–H and O–H groups in total. The summed E-state index contributed by atoms with van der Waals surface area (Å²) >= 11 is 5.91. The molecule has 8 heteroatoms. The number of hydrogen-bond acceptors (Lipinski definition) is 4. The van der Waals surface area contributed by atoms with Crippen LogP contribution in [0.3, 0.4) is 0 Å².